The number of urea groups is 1. The van der Waals surface area contributed by atoms with Crippen LogP contribution in [0.15, 0.2) is 90.1 Å². The molecule has 0 unspecified atom stereocenters. The molecule has 0 aliphatic heterocycles. The Kier molecular flexibility index (Phi) is 8.09. The molecule has 0 atom stereocenters. The first-order chi connectivity index (χ1) is 15.6. The molecule has 1 heterocycles. The smallest absolute Gasteiger partial charge is 0.322 e. The fraction of sp³-hybridized carbons (Fsp3) is 0.200. The van der Waals surface area contributed by atoms with Crippen molar-refractivity contribution in [2.75, 3.05) is 25.5 Å². The summed E-state index contributed by atoms with van der Waals surface area (Å²) in [5.41, 5.74) is 1.51. The van der Waals surface area contributed by atoms with Crippen molar-refractivity contribution in [3.8, 4) is 5.75 Å². The van der Waals surface area contributed by atoms with E-state index < -0.39 is 6.03 Å². The average molecular weight is 434 g/mol. The summed E-state index contributed by atoms with van der Waals surface area (Å²) in [5, 5.41) is 2.81. The lowest BCUT2D eigenvalue weighted by Gasteiger charge is -2.27. The van der Waals surface area contributed by atoms with E-state index in [1.807, 2.05) is 42.5 Å². The van der Waals surface area contributed by atoms with Crippen molar-refractivity contribution in [2.24, 2.45) is 0 Å². The van der Waals surface area contributed by atoms with Gasteiger partial charge in [-0.25, -0.2) is 4.79 Å². The number of nitrogens with zero attached hydrogens (tertiary/aromatic N) is 2. The second kappa shape index (κ2) is 11.4. The lowest BCUT2D eigenvalue weighted by Crippen LogP contribution is -2.44. The Morgan fingerprint density at radius 2 is 1.75 bits per heavy atom. The normalized spacial score (nSPS) is 10.3. The Morgan fingerprint density at radius 1 is 1.00 bits per heavy atom. The zero-order chi connectivity index (χ0) is 22.8. The maximum absolute atomic E-state index is 13.2. The molecule has 0 saturated carbocycles. The third-order valence-electron chi connectivity index (χ3n) is 4.81. The van der Waals surface area contributed by atoms with Crippen LogP contribution in [0, 0.1) is 0 Å². The average Bonchev–Trinajstić information content (AvgIpc) is 3.32. The van der Waals surface area contributed by atoms with Crippen molar-refractivity contribution >= 4 is 17.6 Å². The van der Waals surface area contributed by atoms with Gasteiger partial charge in [0.25, 0.3) is 0 Å². The molecule has 3 rings (SSSR count). The Bertz CT molecular complexity index is 1020. The lowest BCUT2D eigenvalue weighted by molar-refractivity contribution is -0.133. The highest BCUT2D eigenvalue weighted by Crippen LogP contribution is 2.23. The number of hydrogen-bond donors (Lipinski definition) is 1. The van der Waals surface area contributed by atoms with E-state index in [1.54, 1.807) is 41.5 Å². The van der Waals surface area contributed by atoms with Gasteiger partial charge in [0.1, 0.15) is 18.1 Å². The SMILES string of the molecule is C=CCN(CC(=O)N(Cc1ccccc1)Cc1ccco1)C(=O)Nc1ccccc1OC. The van der Waals surface area contributed by atoms with Crippen LogP contribution in [0.5, 0.6) is 5.75 Å². The van der Waals surface area contributed by atoms with Gasteiger partial charge in [0.15, 0.2) is 0 Å². The predicted molar refractivity (Wildman–Crippen MR) is 123 cm³/mol. The summed E-state index contributed by atoms with van der Waals surface area (Å²) >= 11 is 0. The highest BCUT2D eigenvalue weighted by atomic mass is 16.5. The van der Waals surface area contributed by atoms with Gasteiger partial charge in [-0.3, -0.25) is 4.79 Å². The monoisotopic (exact) mass is 433 g/mol. The summed E-state index contributed by atoms with van der Waals surface area (Å²) in [6.07, 6.45) is 3.16. The summed E-state index contributed by atoms with van der Waals surface area (Å²) in [6, 6.07) is 20.0. The lowest BCUT2D eigenvalue weighted by atomic mass is 10.2. The fourth-order valence-electron chi connectivity index (χ4n) is 3.21. The zero-order valence-electron chi connectivity index (χ0n) is 18.1. The van der Waals surface area contributed by atoms with Gasteiger partial charge in [0, 0.05) is 13.1 Å². The first-order valence-electron chi connectivity index (χ1n) is 10.2. The van der Waals surface area contributed by atoms with Crippen LogP contribution in [0.3, 0.4) is 0 Å². The van der Waals surface area contributed by atoms with E-state index in [-0.39, 0.29) is 19.0 Å². The van der Waals surface area contributed by atoms with E-state index in [4.69, 9.17) is 9.15 Å². The molecule has 32 heavy (non-hydrogen) atoms. The van der Waals surface area contributed by atoms with Gasteiger partial charge in [-0.1, -0.05) is 48.5 Å². The Hall–Kier alpha value is -4.00. The molecule has 2 aromatic carbocycles. The molecule has 7 heteroatoms. The van der Waals surface area contributed by atoms with E-state index in [0.717, 1.165) is 5.56 Å². The third-order valence-corrected chi connectivity index (χ3v) is 4.81. The summed E-state index contributed by atoms with van der Waals surface area (Å²) < 4.78 is 10.7. The number of benzene rings is 2. The molecule has 3 amide bonds. The van der Waals surface area contributed by atoms with E-state index in [2.05, 4.69) is 11.9 Å². The van der Waals surface area contributed by atoms with Gasteiger partial charge >= 0.3 is 6.03 Å². The minimum Gasteiger partial charge on any atom is -0.495 e. The summed E-state index contributed by atoms with van der Waals surface area (Å²) in [4.78, 5) is 29.2. The van der Waals surface area contributed by atoms with Crippen LogP contribution in [-0.2, 0) is 17.9 Å². The maximum atomic E-state index is 13.2. The van der Waals surface area contributed by atoms with Crippen LogP contribution in [0.2, 0.25) is 0 Å². The molecule has 0 spiro atoms. The van der Waals surface area contributed by atoms with Gasteiger partial charge in [-0.15, -0.1) is 6.58 Å². The van der Waals surface area contributed by atoms with Crippen LogP contribution < -0.4 is 10.1 Å². The van der Waals surface area contributed by atoms with Crippen LogP contribution >= 0.6 is 0 Å². The number of anilines is 1. The molecule has 0 saturated heterocycles. The number of hydrogen-bond acceptors (Lipinski definition) is 4. The van der Waals surface area contributed by atoms with Gasteiger partial charge in [0.05, 0.1) is 25.6 Å². The van der Waals surface area contributed by atoms with Gasteiger partial charge in [-0.05, 0) is 29.8 Å². The number of para-hydroxylation sites is 2. The highest BCUT2D eigenvalue weighted by Gasteiger charge is 2.22. The Balaban J connectivity index is 1.74. The molecular weight excluding hydrogens is 406 g/mol. The van der Waals surface area contributed by atoms with E-state index >= 15 is 0 Å². The van der Waals surface area contributed by atoms with Crippen molar-refractivity contribution in [2.45, 2.75) is 13.1 Å². The number of amides is 3. The molecule has 0 fully saturated rings. The predicted octanol–water partition coefficient (Wildman–Crippen LogP) is 4.54. The largest absolute Gasteiger partial charge is 0.495 e. The zero-order valence-corrected chi connectivity index (χ0v) is 18.1. The summed E-state index contributed by atoms with van der Waals surface area (Å²) in [6.45, 7) is 4.52. The van der Waals surface area contributed by atoms with Crippen molar-refractivity contribution < 1.29 is 18.7 Å². The first-order valence-corrected chi connectivity index (χ1v) is 10.2. The van der Waals surface area contributed by atoms with E-state index in [1.165, 1.54) is 12.0 Å². The second-order valence-corrected chi connectivity index (χ2v) is 7.11. The van der Waals surface area contributed by atoms with Crippen LogP contribution in [-0.4, -0.2) is 41.9 Å². The second-order valence-electron chi connectivity index (χ2n) is 7.11. The number of nitrogens with one attached hydrogen (secondary N) is 1. The molecule has 7 nitrogen and oxygen atoms in total. The quantitative estimate of drug-likeness (QED) is 0.477. The number of methoxy groups -OCH3 is 1. The van der Waals surface area contributed by atoms with E-state index in [0.29, 0.717) is 30.3 Å². The van der Waals surface area contributed by atoms with Crippen molar-refractivity contribution in [3.05, 3.63) is 97.0 Å². The maximum Gasteiger partial charge on any atom is 0.322 e. The number of rotatable bonds is 10. The fourth-order valence-corrected chi connectivity index (χ4v) is 3.21. The first kappa shape index (κ1) is 22.7. The Labute approximate surface area is 187 Å². The molecule has 166 valence electrons. The topological polar surface area (TPSA) is 75.0 Å². The number of carbonyl (C=O) groups is 2. The molecule has 0 bridgehead atoms. The van der Waals surface area contributed by atoms with Crippen molar-refractivity contribution in [1.82, 2.24) is 9.80 Å². The molecule has 1 aromatic heterocycles. The third kappa shape index (κ3) is 6.25. The molecule has 1 N–H and O–H groups in total. The number of ether oxygens (including phenoxy) is 1. The molecule has 3 aromatic rings. The molecule has 0 aliphatic carbocycles. The van der Waals surface area contributed by atoms with Crippen LogP contribution in [0.4, 0.5) is 10.5 Å². The van der Waals surface area contributed by atoms with Crippen LogP contribution in [0.1, 0.15) is 11.3 Å². The van der Waals surface area contributed by atoms with Crippen molar-refractivity contribution in [1.29, 1.82) is 0 Å². The van der Waals surface area contributed by atoms with E-state index in [9.17, 15) is 9.59 Å². The highest BCUT2D eigenvalue weighted by molar-refractivity contribution is 5.93. The summed E-state index contributed by atoms with van der Waals surface area (Å²) in [5.74, 6) is 1.000. The van der Waals surface area contributed by atoms with Gasteiger partial charge in [0.2, 0.25) is 5.91 Å². The van der Waals surface area contributed by atoms with Crippen molar-refractivity contribution in [3.63, 3.8) is 0 Å². The summed E-state index contributed by atoms with van der Waals surface area (Å²) in [7, 11) is 1.53. The van der Waals surface area contributed by atoms with Gasteiger partial charge in [-0.2, -0.15) is 0 Å². The minimum atomic E-state index is -0.416. The van der Waals surface area contributed by atoms with Crippen LogP contribution in [0.25, 0.3) is 0 Å². The molecular formula is C25H27N3O4. The van der Waals surface area contributed by atoms with Gasteiger partial charge < -0.3 is 24.3 Å². The molecule has 0 radical (unpaired) electrons. The number of furan rings is 1. The number of carbonyl (C=O) groups excluding carboxylic acids is 2. The Morgan fingerprint density at radius 3 is 2.44 bits per heavy atom. The standard InChI is InChI=1S/C25H27N3O4/c1-3-15-27(25(30)26-22-13-7-8-14-23(22)31-2)19-24(29)28(18-21-12-9-16-32-21)17-20-10-5-4-6-11-20/h3-14,16H,1,15,17-19H2,2H3,(H,26,30). The minimum absolute atomic E-state index is 0.111. The molecule has 0 aliphatic rings.